The zero-order chi connectivity index (χ0) is 26.1. The van der Waals surface area contributed by atoms with Crippen LogP contribution in [0.1, 0.15) is 18.9 Å². The lowest BCUT2D eigenvalue weighted by molar-refractivity contribution is 0.342. The van der Waals surface area contributed by atoms with Crippen LogP contribution in [-0.4, -0.2) is 45.9 Å². The lowest BCUT2D eigenvalue weighted by Gasteiger charge is -2.24. The van der Waals surface area contributed by atoms with Gasteiger partial charge in [0.2, 0.25) is 10.0 Å². The molecule has 3 aromatic rings. The van der Waals surface area contributed by atoms with Crippen molar-refractivity contribution in [1.29, 1.82) is 5.26 Å². The van der Waals surface area contributed by atoms with Gasteiger partial charge in [-0.3, -0.25) is 18.8 Å². The number of pyridine rings is 1. The summed E-state index contributed by atoms with van der Waals surface area (Å²) in [6, 6.07) is 9.12. The van der Waals surface area contributed by atoms with Crippen LogP contribution in [0, 0.1) is 17.1 Å². The zero-order valence-electron chi connectivity index (χ0n) is 18.9. The van der Waals surface area contributed by atoms with Crippen LogP contribution in [0.2, 0.25) is 5.02 Å². The fraction of sp³-hybridized carbons (Fsp3) is 0.273. The third-order valence-electron chi connectivity index (χ3n) is 5.25. The number of nitriles is 1. The van der Waals surface area contributed by atoms with Crippen LogP contribution in [0.25, 0.3) is 10.9 Å². The number of anilines is 3. The molecule has 4 N–H and O–H groups in total. The number of halogens is 2. The molecule has 0 bridgehead atoms. The number of nitrogens with one attached hydrogen (secondary N) is 2. The average molecular weight is 573 g/mol. The number of rotatable bonds is 8. The maximum Gasteiger partial charge on any atom is 0.234 e. The number of aromatic nitrogens is 1. The van der Waals surface area contributed by atoms with Gasteiger partial charge in [0, 0.05) is 34.3 Å². The maximum absolute atomic E-state index is 13.6. The molecule has 0 radical (unpaired) electrons. The van der Waals surface area contributed by atoms with E-state index in [9.17, 15) is 27.2 Å². The van der Waals surface area contributed by atoms with Gasteiger partial charge in [0.1, 0.15) is 17.6 Å². The van der Waals surface area contributed by atoms with E-state index in [-0.39, 0.29) is 40.1 Å². The summed E-state index contributed by atoms with van der Waals surface area (Å²) in [6.07, 6.45) is 1.73. The monoisotopic (exact) mass is 572 g/mol. The normalized spacial score (nSPS) is 17.9. The van der Waals surface area contributed by atoms with Crippen molar-refractivity contribution in [3.63, 3.8) is 0 Å². The number of nitrogens with zero attached hydrogens (tertiary/aromatic N) is 2. The van der Waals surface area contributed by atoms with Gasteiger partial charge in [-0.05, 0) is 48.4 Å². The summed E-state index contributed by atoms with van der Waals surface area (Å²) in [5, 5.41) is 12.6. The molecule has 2 aromatic carbocycles. The third kappa shape index (κ3) is 6.08. The molecule has 1 fully saturated rings. The third-order valence-corrected chi connectivity index (χ3v) is 11.1. The Morgan fingerprint density at radius 3 is 2.78 bits per heavy atom. The van der Waals surface area contributed by atoms with Crippen molar-refractivity contribution < 1.29 is 26.7 Å². The minimum Gasteiger partial charge on any atom is -0.492 e. The fourth-order valence-corrected chi connectivity index (χ4v) is 10.0. The highest BCUT2D eigenvalue weighted by molar-refractivity contribution is 8.90. The quantitative estimate of drug-likeness (QED) is 0.240. The van der Waals surface area contributed by atoms with Crippen LogP contribution >= 0.6 is 32.0 Å². The minimum absolute atomic E-state index is 0.106. The Morgan fingerprint density at radius 2 is 2.14 bits per heavy atom. The lowest BCUT2D eigenvalue weighted by Crippen LogP contribution is -2.23. The minimum atomic E-state index is -3.90. The number of hydrogen-bond donors (Lipinski definition) is 4. The van der Waals surface area contributed by atoms with Gasteiger partial charge in [-0.15, -0.1) is 9.62 Å². The SMILES string of the molecule is CCOc1cc2ncc(C#N)c(Nc3ccc(F)c(Cl)c3)c2cc1NS(=O)(=O)CC1CCS(O)(O)S1. The van der Waals surface area contributed by atoms with Crippen LogP contribution in [-0.2, 0) is 10.0 Å². The van der Waals surface area contributed by atoms with E-state index in [1.807, 2.05) is 6.07 Å². The van der Waals surface area contributed by atoms with Gasteiger partial charge < -0.3 is 10.1 Å². The number of hydrogen-bond acceptors (Lipinski definition) is 9. The molecule has 9 nitrogen and oxygen atoms in total. The summed E-state index contributed by atoms with van der Waals surface area (Å²) < 4.78 is 67.4. The van der Waals surface area contributed by atoms with Gasteiger partial charge in [0.15, 0.2) is 0 Å². The fourth-order valence-electron chi connectivity index (χ4n) is 3.68. The van der Waals surface area contributed by atoms with E-state index >= 15 is 0 Å². The Labute approximate surface area is 217 Å². The van der Waals surface area contributed by atoms with Crippen LogP contribution in [0.15, 0.2) is 36.5 Å². The van der Waals surface area contributed by atoms with Crippen molar-refractivity contribution in [3.05, 3.63) is 52.9 Å². The highest BCUT2D eigenvalue weighted by Gasteiger charge is 2.33. The van der Waals surface area contributed by atoms with Crippen molar-refractivity contribution in [3.8, 4) is 11.8 Å². The first-order valence-corrected chi connectivity index (χ1v) is 15.8. The molecule has 0 aliphatic carbocycles. The standard InChI is InChI=1S/C22H22ClFN4O5S3/c1-2-33-21-9-19-16(8-20(21)28-35(29,30)12-15-5-6-36(31,32)34-15)22(13(10-25)11-26-19)27-14-3-4-18(24)17(23)7-14/h3-4,7-9,11,15,28,31-32H,2,5-6,12H2,1H3,(H,26,27). The van der Waals surface area contributed by atoms with Gasteiger partial charge in [0.25, 0.3) is 0 Å². The predicted octanol–water partition coefficient (Wildman–Crippen LogP) is 5.95. The molecular weight excluding hydrogens is 551 g/mol. The van der Waals surface area contributed by atoms with Gasteiger partial charge in [-0.25, -0.2) is 12.8 Å². The van der Waals surface area contributed by atoms with Gasteiger partial charge in [-0.1, -0.05) is 11.6 Å². The Bertz CT molecular complexity index is 1470. The van der Waals surface area contributed by atoms with Gasteiger partial charge in [0.05, 0.1) is 39.8 Å². The van der Waals surface area contributed by atoms with Crippen LogP contribution in [0.3, 0.4) is 0 Å². The molecule has 0 saturated carbocycles. The molecule has 1 unspecified atom stereocenters. The highest BCUT2D eigenvalue weighted by Crippen LogP contribution is 2.61. The molecule has 1 aliphatic rings. The van der Waals surface area contributed by atoms with E-state index in [1.54, 1.807) is 13.0 Å². The number of sulfonamides is 1. The Balaban J connectivity index is 1.75. The summed E-state index contributed by atoms with van der Waals surface area (Å²) in [4.78, 5) is 4.30. The van der Waals surface area contributed by atoms with Crippen molar-refractivity contribution in [2.24, 2.45) is 0 Å². The Morgan fingerprint density at radius 1 is 1.36 bits per heavy atom. The molecule has 0 amide bonds. The molecule has 1 atom stereocenters. The number of ether oxygens (including phenoxy) is 1. The molecule has 1 saturated heterocycles. The molecule has 192 valence electrons. The van der Waals surface area contributed by atoms with E-state index in [0.29, 0.717) is 28.7 Å². The summed E-state index contributed by atoms with van der Waals surface area (Å²) in [6.45, 7) is 2.01. The first-order chi connectivity index (χ1) is 17.0. The van der Waals surface area contributed by atoms with E-state index in [1.165, 1.54) is 30.5 Å². The largest absolute Gasteiger partial charge is 0.492 e. The summed E-state index contributed by atoms with van der Waals surface area (Å²) in [7, 11) is -5.83. The topological polar surface area (TPSA) is 145 Å². The molecule has 1 aromatic heterocycles. The van der Waals surface area contributed by atoms with Crippen molar-refractivity contribution in [1.82, 2.24) is 4.98 Å². The summed E-state index contributed by atoms with van der Waals surface area (Å²) in [5.74, 6) is -0.512. The molecule has 2 heterocycles. The second-order valence-corrected chi connectivity index (χ2v) is 14.7. The van der Waals surface area contributed by atoms with E-state index < -0.39 is 30.7 Å². The smallest absolute Gasteiger partial charge is 0.234 e. The first kappa shape index (κ1) is 26.6. The Hall–Kier alpha value is -2.47. The second kappa shape index (κ2) is 10.5. The van der Waals surface area contributed by atoms with E-state index in [0.717, 1.165) is 10.8 Å². The number of benzene rings is 2. The van der Waals surface area contributed by atoms with Gasteiger partial charge >= 0.3 is 0 Å². The second-order valence-electron chi connectivity index (χ2n) is 7.91. The molecule has 14 heteroatoms. The van der Waals surface area contributed by atoms with Gasteiger partial charge in [-0.2, -0.15) is 5.26 Å². The highest BCUT2D eigenvalue weighted by atomic mass is 35.5. The van der Waals surface area contributed by atoms with E-state index in [4.69, 9.17) is 16.3 Å². The predicted molar refractivity (Wildman–Crippen MR) is 143 cm³/mol. The molecule has 0 spiro atoms. The van der Waals surface area contributed by atoms with Crippen LogP contribution in [0.5, 0.6) is 5.75 Å². The summed E-state index contributed by atoms with van der Waals surface area (Å²) >= 11 is 5.90. The first-order valence-electron chi connectivity index (χ1n) is 10.7. The molecular formula is C22H22ClFN4O5S3. The number of fused-ring (bicyclic) bond motifs is 1. The van der Waals surface area contributed by atoms with Crippen molar-refractivity contribution in [2.75, 3.05) is 28.2 Å². The summed E-state index contributed by atoms with van der Waals surface area (Å²) in [5.41, 5.74) is 1.48. The maximum atomic E-state index is 13.6. The van der Waals surface area contributed by atoms with E-state index in [2.05, 4.69) is 15.0 Å². The van der Waals surface area contributed by atoms with Crippen molar-refractivity contribution in [2.45, 2.75) is 18.6 Å². The average Bonchev–Trinajstić information content (AvgIpc) is 3.14. The van der Waals surface area contributed by atoms with Crippen molar-refractivity contribution >= 4 is 70.0 Å². The van der Waals surface area contributed by atoms with Crippen LogP contribution in [0.4, 0.5) is 21.5 Å². The lowest BCUT2D eigenvalue weighted by atomic mass is 10.1. The van der Waals surface area contributed by atoms with Crippen LogP contribution < -0.4 is 14.8 Å². The Kier molecular flexibility index (Phi) is 7.75. The zero-order valence-corrected chi connectivity index (χ0v) is 22.1. The molecule has 36 heavy (non-hydrogen) atoms. The molecule has 1 aliphatic heterocycles. The molecule has 4 rings (SSSR count).